The van der Waals surface area contributed by atoms with E-state index in [1.807, 2.05) is 21.9 Å². The SMILES string of the molecule is Cc1ccccc1[C@H]1[C@@H]2CN(C(=O)c3ccc(O)cn3)C[C@@H]2CN1C(=O)N(C)C. The van der Waals surface area contributed by atoms with E-state index in [1.54, 1.807) is 25.1 Å². The first kappa shape index (κ1) is 19.2. The average Bonchev–Trinajstić information content (AvgIpc) is 3.26. The fourth-order valence-corrected chi connectivity index (χ4v) is 4.66. The summed E-state index contributed by atoms with van der Waals surface area (Å²) in [6, 6.07) is 11.1. The highest BCUT2D eigenvalue weighted by molar-refractivity contribution is 5.92. The van der Waals surface area contributed by atoms with Crippen molar-refractivity contribution >= 4 is 11.9 Å². The van der Waals surface area contributed by atoms with Gasteiger partial charge in [0.25, 0.3) is 5.91 Å². The van der Waals surface area contributed by atoms with Crippen LogP contribution in [0.1, 0.15) is 27.7 Å². The van der Waals surface area contributed by atoms with E-state index in [4.69, 9.17) is 0 Å². The van der Waals surface area contributed by atoms with Crippen molar-refractivity contribution in [1.29, 1.82) is 0 Å². The fourth-order valence-electron chi connectivity index (χ4n) is 4.66. The number of likely N-dealkylation sites (tertiary alicyclic amines) is 2. The predicted octanol–water partition coefficient (Wildman–Crippen LogP) is 2.52. The Hall–Kier alpha value is -3.09. The summed E-state index contributed by atoms with van der Waals surface area (Å²) >= 11 is 0. The maximum absolute atomic E-state index is 12.9. The van der Waals surface area contributed by atoms with Crippen molar-refractivity contribution in [1.82, 2.24) is 19.7 Å². The first-order valence-electron chi connectivity index (χ1n) is 9.84. The number of amides is 3. The third kappa shape index (κ3) is 3.41. The quantitative estimate of drug-likeness (QED) is 0.849. The first-order valence-corrected chi connectivity index (χ1v) is 9.84. The zero-order valence-electron chi connectivity index (χ0n) is 16.9. The molecule has 0 unspecified atom stereocenters. The van der Waals surface area contributed by atoms with E-state index in [0.29, 0.717) is 25.3 Å². The van der Waals surface area contributed by atoms with Gasteiger partial charge in [0, 0.05) is 45.6 Å². The van der Waals surface area contributed by atoms with Gasteiger partial charge in [-0.05, 0) is 30.2 Å². The molecule has 0 spiro atoms. The smallest absolute Gasteiger partial charge is 0.320 e. The Balaban J connectivity index is 1.62. The van der Waals surface area contributed by atoms with Crippen LogP contribution in [0.2, 0.25) is 0 Å². The van der Waals surface area contributed by atoms with Gasteiger partial charge >= 0.3 is 6.03 Å². The summed E-state index contributed by atoms with van der Waals surface area (Å²) in [6.07, 6.45) is 1.29. The Morgan fingerprint density at radius 3 is 2.52 bits per heavy atom. The zero-order chi connectivity index (χ0) is 20.7. The molecule has 0 saturated carbocycles. The molecular formula is C22H26N4O3. The maximum atomic E-state index is 12.9. The van der Waals surface area contributed by atoms with Crippen LogP contribution in [0.15, 0.2) is 42.6 Å². The topological polar surface area (TPSA) is 77.0 Å². The minimum Gasteiger partial charge on any atom is -0.506 e. The highest BCUT2D eigenvalue weighted by Gasteiger charge is 2.50. The number of hydrogen-bond donors (Lipinski definition) is 1. The zero-order valence-corrected chi connectivity index (χ0v) is 16.9. The minimum absolute atomic E-state index is 0.00531. The van der Waals surface area contributed by atoms with E-state index < -0.39 is 0 Å². The number of carbonyl (C=O) groups excluding carboxylic acids is 2. The van der Waals surface area contributed by atoms with Crippen LogP contribution in [-0.4, -0.2) is 70.5 Å². The van der Waals surface area contributed by atoms with Gasteiger partial charge < -0.3 is 19.8 Å². The monoisotopic (exact) mass is 394 g/mol. The van der Waals surface area contributed by atoms with Gasteiger partial charge in [-0.25, -0.2) is 9.78 Å². The summed E-state index contributed by atoms with van der Waals surface area (Å²) in [4.78, 5) is 35.3. The van der Waals surface area contributed by atoms with Crippen LogP contribution in [0.5, 0.6) is 5.75 Å². The van der Waals surface area contributed by atoms with Crippen LogP contribution in [-0.2, 0) is 0 Å². The molecule has 3 heterocycles. The lowest BCUT2D eigenvalue weighted by atomic mass is 9.88. The second kappa shape index (κ2) is 7.39. The normalized spacial score (nSPS) is 23.2. The second-order valence-corrected chi connectivity index (χ2v) is 8.17. The molecule has 1 aromatic heterocycles. The van der Waals surface area contributed by atoms with Gasteiger partial charge in [-0.3, -0.25) is 4.79 Å². The highest BCUT2D eigenvalue weighted by atomic mass is 16.3. The van der Waals surface area contributed by atoms with Crippen molar-refractivity contribution in [2.45, 2.75) is 13.0 Å². The molecule has 29 heavy (non-hydrogen) atoms. The van der Waals surface area contributed by atoms with Crippen molar-refractivity contribution in [3.63, 3.8) is 0 Å². The van der Waals surface area contributed by atoms with Gasteiger partial charge in [-0.2, -0.15) is 0 Å². The van der Waals surface area contributed by atoms with E-state index in [0.717, 1.165) is 11.1 Å². The summed E-state index contributed by atoms with van der Waals surface area (Å²) in [5.41, 5.74) is 2.63. The molecule has 2 aromatic rings. The lowest BCUT2D eigenvalue weighted by Crippen LogP contribution is -2.42. The Bertz CT molecular complexity index is 928. The van der Waals surface area contributed by atoms with Crippen LogP contribution in [0.4, 0.5) is 4.79 Å². The molecule has 1 aromatic carbocycles. The molecule has 3 atom stereocenters. The third-order valence-electron chi connectivity index (χ3n) is 6.05. The van der Waals surface area contributed by atoms with Crippen molar-refractivity contribution in [3.05, 3.63) is 59.4 Å². The molecule has 2 fully saturated rings. The Morgan fingerprint density at radius 1 is 1.10 bits per heavy atom. The number of fused-ring (bicyclic) bond motifs is 1. The van der Waals surface area contributed by atoms with Crippen molar-refractivity contribution in [2.24, 2.45) is 11.8 Å². The molecule has 0 radical (unpaired) electrons. The van der Waals surface area contributed by atoms with Crippen LogP contribution in [0.25, 0.3) is 0 Å². The number of aryl methyl sites for hydroxylation is 1. The molecule has 2 aliphatic heterocycles. The van der Waals surface area contributed by atoms with Gasteiger partial charge in [0.05, 0.1) is 12.2 Å². The largest absolute Gasteiger partial charge is 0.506 e. The summed E-state index contributed by atoms with van der Waals surface area (Å²) in [5.74, 6) is 0.316. The molecular weight excluding hydrogens is 368 g/mol. The standard InChI is InChI=1S/C22H26N4O3/c1-14-6-4-5-7-17(14)20-18-13-25(21(28)19-9-8-16(27)10-23-19)11-15(18)12-26(20)22(29)24(2)3/h4-10,15,18,20,27H,11-13H2,1-3H3/t15-,18-,20+/m1/s1. The summed E-state index contributed by atoms with van der Waals surface area (Å²) < 4.78 is 0. The number of benzene rings is 1. The van der Waals surface area contributed by atoms with Crippen LogP contribution in [0, 0.1) is 18.8 Å². The van der Waals surface area contributed by atoms with E-state index in [-0.39, 0.29) is 35.6 Å². The third-order valence-corrected chi connectivity index (χ3v) is 6.05. The minimum atomic E-state index is -0.131. The van der Waals surface area contributed by atoms with Crippen molar-refractivity contribution in [3.8, 4) is 5.75 Å². The highest BCUT2D eigenvalue weighted by Crippen LogP contribution is 2.46. The van der Waals surface area contributed by atoms with E-state index in [2.05, 4.69) is 24.0 Å². The van der Waals surface area contributed by atoms with Gasteiger partial charge in [-0.15, -0.1) is 0 Å². The first-order chi connectivity index (χ1) is 13.9. The van der Waals surface area contributed by atoms with E-state index >= 15 is 0 Å². The Labute approximate surface area is 170 Å². The molecule has 0 aliphatic carbocycles. The number of aromatic nitrogens is 1. The van der Waals surface area contributed by atoms with Crippen molar-refractivity contribution < 1.29 is 14.7 Å². The molecule has 1 N–H and O–H groups in total. The number of carbonyl (C=O) groups is 2. The number of hydrogen-bond acceptors (Lipinski definition) is 4. The lowest BCUT2D eigenvalue weighted by Gasteiger charge is -2.32. The molecule has 7 nitrogen and oxygen atoms in total. The van der Waals surface area contributed by atoms with Gasteiger partial charge in [-0.1, -0.05) is 24.3 Å². The molecule has 2 aliphatic rings. The van der Waals surface area contributed by atoms with Crippen LogP contribution >= 0.6 is 0 Å². The predicted molar refractivity (Wildman–Crippen MR) is 108 cm³/mol. The molecule has 3 amide bonds. The van der Waals surface area contributed by atoms with Gasteiger partial charge in [0.1, 0.15) is 11.4 Å². The molecule has 2 saturated heterocycles. The Kier molecular flexibility index (Phi) is 4.90. The number of pyridine rings is 1. The number of urea groups is 1. The average molecular weight is 394 g/mol. The maximum Gasteiger partial charge on any atom is 0.320 e. The second-order valence-electron chi connectivity index (χ2n) is 8.17. The number of nitrogens with zero attached hydrogens (tertiary/aromatic N) is 4. The fraction of sp³-hybridized carbons (Fsp3) is 0.409. The summed E-state index contributed by atoms with van der Waals surface area (Å²) in [6.45, 7) is 3.89. The Morgan fingerprint density at radius 2 is 1.86 bits per heavy atom. The molecule has 4 rings (SSSR count). The van der Waals surface area contributed by atoms with Crippen LogP contribution in [0.3, 0.4) is 0 Å². The number of rotatable bonds is 2. The molecule has 0 bridgehead atoms. The van der Waals surface area contributed by atoms with Gasteiger partial charge in [0.2, 0.25) is 0 Å². The van der Waals surface area contributed by atoms with Crippen molar-refractivity contribution in [2.75, 3.05) is 33.7 Å². The van der Waals surface area contributed by atoms with Crippen LogP contribution < -0.4 is 0 Å². The van der Waals surface area contributed by atoms with E-state index in [1.165, 1.54) is 12.3 Å². The lowest BCUT2D eigenvalue weighted by molar-refractivity contribution is 0.0760. The molecule has 152 valence electrons. The molecule has 7 heteroatoms. The van der Waals surface area contributed by atoms with Gasteiger partial charge in [0.15, 0.2) is 0 Å². The van der Waals surface area contributed by atoms with E-state index in [9.17, 15) is 14.7 Å². The number of aromatic hydroxyl groups is 1. The summed E-state index contributed by atoms with van der Waals surface area (Å²) in [5, 5.41) is 9.42. The summed E-state index contributed by atoms with van der Waals surface area (Å²) in [7, 11) is 3.55.